The molecule has 8 heteroatoms. The summed E-state index contributed by atoms with van der Waals surface area (Å²) >= 11 is 0. The van der Waals surface area contributed by atoms with Crippen LogP contribution in [0, 0.1) is 6.92 Å². The summed E-state index contributed by atoms with van der Waals surface area (Å²) in [6.07, 6.45) is 15.5. The Morgan fingerprint density at radius 2 is 1.26 bits per heavy atom. The third kappa shape index (κ3) is 7.25. The maximum Gasteiger partial charge on any atom is 0.328 e. The predicted octanol–water partition coefficient (Wildman–Crippen LogP) is 11.4. The third-order valence-corrected chi connectivity index (χ3v) is 24.9. The van der Waals surface area contributed by atoms with E-state index in [1.54, 1.807) is 0 Å². The molecule has 4 aromatic carbocycles. The van der Waals surface area contributed by atoms with Crippen LogP contribution < -0.4 is 15.3 Å². The predicted molar refractivity (Wildman–Crippen MR) is 221 cm³/mol. The number of aryl methyl sites for hydroxylation is 1. The number of rotatable bonds is 11. The molecule has 2 unspecified atom stereocenters. The standard InChI is InChI=1S/C42H53NO3P3S/c1-31-17-16-27-40(47)42(31)38-25-13-15-28-41(38)49(33-18-6-4-7-19-33,34-20-8-5-9-21-34)48(46-50(3,44)45)43(2)39-26-14-12-24-37(39)36-23-11-10-22-35(36)32-29-30-32/h10-17,22-28,32-34H,4-9,18-21,29-30,47H2,1-3H3/q+1. The summed E-state index contributed by atoms with van der Waals surface area (Å²) < 4.78 is 36.7. The minimum absolute atomic E-state index is 0.402. The van der Waals surface area contributed by atoms with Crippen molar-refractivity contribution >= 4 is 50.6 Å². The molecule has 3 fully saturated rings. The summed E-state index contributed by atoms with van der Waals surface area (Å²) in [7, 11) is -0.302. The van der Waals surface area contributed by atoms with Crippen molar-refractivity contribution in [1.82, 2.24) is 0 Å². The maximum absolute atomic E-state index is 13.8. The minimum atomic E-state index is -3.82. The summed E-state index contributed by atoms with van der Waals surface area (Å²) in [5.74, 6) is 0.594. The fraction of sp³-hybridized carbons (Fsp3) is 0.429. The monoisotopic (exact) mass is 744 g/mol. The van der Waals surface area contributed by atoms with Gasteiger partial charge >= 0.3 is 7.99 Å². The van der Waals surface area contributed by atoms with Crippen molar-refractivity contribution in [2.75, 3.05) is 18.0 Å². The van der Waals surface area contributed by atoms with Gasteiger partial charge in [0, 0.05) is 18.2 Å². The molecule has 7 rings (SSSR count). The maximum atomic E-state index is 13.8. The van der Waals surface area contributed by atoms with E-state index >= 15 is 0 Å². The summed E-state index contributed by atoms with van der Waals surface area (Å²) in [5, 5.41) is 2.57. The van der Waals surface area contributed by atoms with Gasteiger partial charge in [-0.2, -0.15) is 12.4 Å². The van der Waals surface area contributed by atoms with Crippen molar-refractivity contribution in [3.63, 3.8) is 0 Å². The highest BCUT2D eigenvalue weighted by atomic mass is 32.3. The molecule has 0 radical (unpaired) electrons. The quantitative estimate of drug-likeness (QED) is 0.144. The van der Waals surface area contributed by atoms with Crippen LogP contribution in [-0.2, 0) is 14.1 Å². The highest BCUT2D eigenvalue weighted by Crippen LogP contribution is 2.92. The van der Waals surface area contributed by atoms with Crippen LogP contribution in [0.2, 0.25) is 0 Å². The normalized spacial score (nSPS) is 18.6. The summed E-state index contributed by atoms with van der Waals surface area (Å²) in [6.45, 7) is -0.201. The second-order valence-electron chi connectivity index (χ2n) is 14.8. The zero-order chi connectivity index (χ0) is 34.9. The van der Waals surface area contributed by atoms with Crippen LogP contribution in [0.5, 0.6) is 0 Å². The van der Waals surface area contributed by atoms with E-state index in [0.717, 1.165) is 31.4 Å². The fourth-order valence-corrected chi connectivity index (χ4v) is 25.4. The van der Waals surface area contributed by atoms with Crippen molar-refractivity contribution in [3.05, 3.63) is 102 Å². The van der Waals surface area contributed by atoms with Gasteiger partial charge in [0.05, 0.1) is 23.3 Å². The second kappa shape index (κ2) is 15.5. The molecule has 0 N–H and O–H groups in total. The minimum Gasteiger partial charge on any atom is -0.298 e. The van der Waals surface area contributed by atoms with Gasteiger partial charge in [-0.15, -0.1) is 9.24 Å². The number of nitrogens with zero attached hydrogens (tertiary/aromatic N) is 1. The van der Waals surface area contributed by atoms with Crippen LogP contribution in [-0.4, -0.2) is 33.0 Å². The molecule has 264 valence electrons. The Balaban J connectivity index is 1.53. The molecule has 0 aromatic heterocycles. The first-order chi connectivity index (χ1) is 24.2. The molecule has 0 aliphatic heterocycles. The second-order valence-corrected chi connectivity index (χ2v) is 25.0. The average Bonchev–Trinajstić information content (AvgIpc) is 3.98. The molecular weight excluding hydrogens is 691 g/mol. The third-order valence-electron chi connectivity index (χ3n) is 11.4. The van der Waals surface area contributed by atoms with Crippen molar-refractivity contribution in [1.29, 1.82) is 0 Å². The number of hydrogen-bond donors (Lipinski definition) is 0. The van der Waals surface area contributed by atoms with Gasteiger partial charge in [0.2, 0.25) is 0 Å². The van der Waals surface area contributed by atoms with Gasteiger partial charge in [0.1, 0.15) is 12.3 Å². The number of hydrogen-bond acceptors (Lipinski definition) is 4. The topological polar surface area (TPSA) is 46.6 Å². The Morgan fingerprint density at radius 1 is 0.700 bits per heavy atom. The Kier molecular flexibility index (Phi) is 11.2. The highest BCUT2D eigenvalue weighted by molar-refractivity contribution is 8.42. The van der Waals surface area contributed by atoms with Gasteiger partial charge < -0.3 is 0 Å². The Labute approximate surface area is 305 Å². The first kappa shape index (κ1) is 36.2. The molecule has 0 spiro atoms. The molecule has 3 aliphatic carbocycles. The van der Waals surface area contributed by atoms with E-state index in [4.69, 9.17) is 3.97 Å². The SMILES string of the molecule is Cc1cccc(P)c1-c1ccccc1[P+](C1CCCCC1)(C1CCCCC1)P(OS(C)(=O)=O)N(C)c1ccccc1-c1ccccc1C1CC1. The molecule has 0 heterocycles. The fourth-order valence-electron chi connectivity index (χ4n) is 9.08. The van der Waals surface area contributed by atoms with E-state index in [1.807, 2.05) is 0 Å². The van der Waals surface area contributed by atoms with E-state index in [2.05, 4.69) is 119 Å². The van der Waals surface area contributed by atoms with Gasteiger partial charge in [0.25, 0.3) is 10.1 Å². The largest absolute Gasteiger partial charge is 0.328 e. The van der Waals surface area contributed by atoms with Crippen LogP contribution in [0.15, 0.2) is 91.0 Å². The van der Waals surface area contributed by atoms with E-state index in [9.17, 15) is 8.42 Å². The Bertz CT molecular complexity index is 1880. The molecular formula is C42H53NO3P3S+. The molecule has 4 aromatic rings. The van der Waals surface area contributed by atoms with Crippen LogP contribution >= 0.6 is 24.2 Å². The van der Waals surface area contributed by atoms with Crippen molar-refractivity contribution < 1.29 is 12.4 Å². The van der Waals surface area contributed by atoms with E-state index in [0.29, 0.717) is 17.2 Å². The lowest BCUT2D eigenvalue weighted by Gasteiger charge is -2.48. The van der Waals surface area contributed by atoms with Gasteiger partial charge in [-0.1, -0.05) is 91.7 Å². The lowest BCUT2D eigenvalue weighted by molar-refractivity contribution is 0.482. The van der Waals surface area contributed by atoms with Gasteiger partial charge in [-0.3, -0.25) is 4.67 Å². The van der Waals surface area contributed by atoms with Crippen LogP contribution in [0.3, 0.4) is 0 Å². The molecule has 0 saturated heterocycles. The zero-order valence-corrected chi connectivity index (χ0v) is 33.7. The zero-order valence-electron chi connectivity index (χ0n) is 29.9. The molecule has 0 bridgehead atoms. The van der Waals surface area contributed by atoms with Crippen LogP contribution in [0.1, 0.15) is 94.1 Å². The first-order valence-corrected chi connectivity index (χ1v) is 24.9. The molecule has 50 heavy (non-hydrogen) atoms. The molecule has 2 atom stereocenters. The summed E-state index contributed by atoms with van der Waals surface area (Å²) in [6, 6.07) is 33.2. The van der Waals surface area contributed by atoms with E-state index in [1.165, 1.54) is 102 Å². The van der Waals surface area contributed by atoms with Crippen molar-refractivity contribution in [3.8, 4) is 22.3 Å². The number of anilines is 1. The van der Waals surface area contributed by atoms with Gasteiger partial charge in [0.15, 0.2) is 0 Å². The molecule has 3 saturated carbocycles. The summed E-state index contributed by atoms with van der Waals surface area (Å²) in [5.41, 5.74) is 9.50. The Morgan fingerprint density at radius 3 is 1.86 bits per heavy atom. The number of benzene rings is 4. The van der Waals surface area contributed by atoms with Gasteiger partial charge in [-0.25, -0.2) is 0 Å². The van der Waals surface area contributed by atoms with Crippen molar-refractivity contribution in [2.24, 2.45) is 0 Å². The van der Waals surface area contributed by atoms with E-state index < -0.39 is 25.1 Å². The first-order valence-electron chi connectivity index (χ1n) is 18.7. The van der Waals surface area contributed by atoms with Crippen LogP contribution in [0.25, 0.3) is 22.3 Å². The lowest BCUT2D eigenvalue weighted by Crippen LogP contribution is -2.38. The smallest absolute Gasteiger partial charge is 0.298 e. The average molecular weight is 745 g/mol. The molecule has 3 aliphatic rings. The highest BCUT2D eigenvalue weighted by Gasteiger charge is 2.65. The Hall–Kier alpha value is -2.12. The lowest BCUT2D eigenvalue weighted by atomic mass is 9.95. The molecule has 0 amide bonds. The van der Waals surface area contributed by atoms with E-state index in [-0.39, 0.29) is 0 Å². The summed E-state index contributed by atoms with van der Waals surface area (Å²) in [4.78, 5) is 0. The molecule has 4 nitrogen and oxygen atoms in total. The van der Waals surface area contributed by atoms with Crippen LogP contribution in [0.4, 0.5) is 5.69 Å². The number of para-hydroxylation sites is 1. The van der Waals surface area contributed by atoms with Gasteiger partial charge in [-0.05, 0) is 117 Å². The van der Waals surface area contributed by atoms with Crippen molar-refractivity contribution in [2.45, 2.75) is 101 Å².